The summed E-state index contributed by atoms with van der Waals surface area (Å²) in [7, 11) is 0. The van der Waals surface area contributed by atoms with Gasteiger partial charge in [0, 0.05) is 15.7 Å². The number of esters is 1. The highest BCUT2D eigenvalue weighted by Crippen LogP contribution is 2.41. The standard InChI is InChI=1S/C26H27BrN4O3S/c1-5-13-33-24(32)22-17(4)28-25-29-26(35-6-2)30-31(25)23(22)20-14-19(27)11-12-21(20)34-15-18-10-8-7-9-16(18)3/h5,7-12,14,23H,1,6,13,15H2,2-4H3,(H,28,29,30). The number of aryl methyl sites for hydroxylation is 1. The van der Waals surface area contributed by atoms with Gasteiger partial charge in [-0.15, -0.1) is 5.10 Å². The van der Waals surface area contributed by atoms with Crippen molar-refractivity contribution >= 4 is 39.6 Å². The third-order valence-electron chi connectivity index (χ3n) is 5.57. The van der Waals surface area contributed by atoms with Crippen LogP contribution in [0.3, 0.4) is 0 Å². The molecular formula is C26H27BrN4O3S. The maximum absolute atomic E-state index is 13.2. The number of allylic oxidation sites excluding steroid dienone is 1. The molecule has 2 heterocycles. The van der Waals surface area contributed by atoms with E-state index in [1.54, 1.807) is 10.8 Å². The zero-order chi connectivity index (χ0) is 24.9. The van der Waals surface area contributed by atoms with Crippen molar-refractivity contribution in [2.24, 2.45) is 0 Å². The Morgan fingerprint density at radius 1 is 1.29 bits per heavy atom. The Balaban J connectivity index is 1.81. The molecule has 1 aliphatic heterocycles. The van der Waals surface area contributed by atoms with Gasteiger partial charge in [-0.1, -0.05) is 71.5 Å². The fraction of sp³-hybridized carbons (Fsp3) is 0.269. The van der Waals surface area contributed by atoms with Gasteiger partial charge in [0.2, 0.25) is 11.1 Å². The van der Waals surface area contributed by atoms with Crippen molar-refractivity contribution in [3.8, 4) is 5.75 Å². The average Bonchev–Trinajstić information content (AvgIpc) is 3.23. The fourth-order valence-electron chi connectivity index (χ4n) is 3.88. The average molecular weight is 555 g/mol. The molecule has 2 aromatic carbocycles. The summed E-state index contributed by atoms with van der Waals surface area (Å²) in [6.45, 7) is 10.1. The Bertz CT molecular complexity index is 1290. The van der Waals surface area contributed by atoms with Crippen LogP contribution < -0.4 is 10.1 Å². The number of nitrogens with zero attached hydrogens (tertiary/aromatic N) is 3. The first-order valence-electron chi connectivity index (χ1n) is 11.2. The van der Waals surface area contributed by atoms with E-state index in [1.807, 2.05) is 50.2 Å². The molecule has 1 atom stereocenters. The number of carbonyl (C=O) groups excluding carboxylic acids is 1. The van der Waals surface area contributed by atoms with Gasteiger partial charge in [-0.3, -0.25) is 0 Å². The Hall–Kier alpha value is -3.04. The van der Waals surface area contributed by atoms with Gasteiger partial charge in [-0.2, -0.15) is 4.98 Å². The van der Waals surface area contributed by atoms with E-state index in [0.717, 1.165) is 26.9 Å². The van der Waals surface area contributed by atoms with E-state index in [9.17, 15) is 4.79 Å². The number of benzene rings is 2. The number of carbonyl (C=O) groups is 1. The number of fused-ring (bicyclic) bond motifs is 1. The van der Waals surface area contributed by atoms with Gasteiger partial charge in [-0.05, 0) is 48.9 Å². The van der Waals surface area contributed by atoms with Crippen molar-refractivity contribution in [3.05, 3.63) is 87.6 Å². The van der Waals surface area contributed by atoms with E-state index in [0.29, 0.717) is 34.7 Å². The summed E-state index contributed by atoms with van der Waals surface area (Å²) in [5.41, 5.74) is 4.11. The highest BCUT2D eigenvalue weighted by atomic mass is 79.9. The van der Waals surface area contributed by atoms with Crippen LogP contribution in [-0.4, -0.2) is 33.1 Å². The fourth-order valence-corrected chi connectivity index (χ4v) is 4.81. The van der Waals surface area contributed by atoms with Gasteiger partial charge in [0.15, 0.2) is 0 Å². The molecule has 35 heavy (non-hydrogen) atoms. The summed E-state index contributed by atoms with van der Waals surface area (Å²) in [4.78, 5) is 17.9. The minimum Gasteiger partial charge on any atom is -0.489 e. The zero-order valence-corrected chi connectivity index (χ0v) is 22.3. The Kier molecular flexibility index (Phi) is 7.97. The van der Waals surface area contributed by atoms with Crippen LogP contribution in [0.4, 0.5) is 5.95 Å². The smallest absolute Gasteiger partial charge is 0.338 e. The lowest BCUT2D eigenvalue weighted by molar-refractivity contribution is -0.138. The summed E-state index contributed by atoms with van der Waals surface area (Å²) < 4.78 is 14.4. The summed E-state index contributed by atoms with van der Waals surface area (Å²) in [5.74, 6) is 1.59. The summed E-state index contributed by atoms with van der Waals surface area (Å²) in [6, 6.07) is 13.3. The van der Waals surface area contributed by atoms with Crippen molar-refractivity contribution in [2.75, 3.05) is 17.7 Å². The molecule has 0 fully saturated rings. The number of rotatable bonds is 9. The van der Waals surface area contributed by atoms with Gasteiger partial charge in [0.1, 0.15) is 25.0 Å². The van der Waals surface area contributed by atoms with Crippen LogP contribution >= 0.6 is 27.7 Å². The largest absolute Gasteiger partial charge is 0.489 e. The Morgan fingerprint density at radius 3 is 2.83 bits per heavy atom. The van der Waals surface area contributed by atoms with Crippen molar-refractivity contribution in [2.45, 2.75) is 38.6 Å². The lowest BCUT2D eigenvalue weighted by atomic mass is 9.95. The number of thioether (sulfide) groups is 1. The van der Waals surface area contributed by atoms with Crippen LogP contribution in [0.1, 0.15) is 36.6 Å². The lowest BCUT2D eigenvalue weighted by Gasteiger charge is -2.29. The van der Waals surface area contributed by atoms with Crippen LogP contribution in [0.5, 0.6) is 5.75 Å². The van der Waals surface area contributed by atoms with Crippen molar-refractivity contribution in [1.82, 2.24) is 14.8 Å². The monoisotopic (exact) mass is 554 g/mol. The Morgan fingerprint density at radius 2 is 2.09 bits per heavy atom. The SMILES string of the molecule is C=CCOC(=O)C1=C(C)Nc2nc(SCC)nn2C1c1cc(Br)ccc1OCc1ccccc1C. The first-order chi connectivity index (χ1) is 16.9. The first-order valence-corrected chi connectivity index (χ1v) is 13.0. The molecule has 0 radical (unpaired) electrons. The summed E-state index contributed by atoms with van der Waals surface area (Å²) >= 11 is 5.12. The number of aromatic nitrogens is 3. The zero-order valence-electron chi connectivity index (χ0n) is 19.9. The lowest BCUT2D eigenvalue weighted by Crippen LogP contribution is -2.30. The molecule has 1 aliphatic rings. The summed E-state index contributed by atoms with van der Waals surface area (Å²) in [5, 5.41) is 8.57. The minimum absolute atomic E-state index is 0.110. The number of anilines is 1. The van der Waals surface area contributed by atoms with Crippen LogP contribution in [-0.2, 0) is 16.1 Å². The number of hydrogen-bond acceptors (Lipinski definition) is 7. The molecule has 182 valence electrons. The number of nitrogens with one attached hydrogen (secondary N) is 1. The number of halogens is 1. The van der Waals surface area contributed by atoms with E-state index in [2.05, 4.69) is 45.8 Å². The summed E-state index contributed by atoms with van der Waals surface area (Å²) in [6.07, 6.45) is 1.55. The number of ether oxygens (including phenoxy) is 2. The molecule has 1 N–H and O–H groups in total. The molecule has 1 aromatic heterocycles. The molecule has 0 saturated heterocycles. The van der Waals surface area contributed by atoms with E-state index < -0.39 is 12.0 Å². The topological polar surface area (TPSA) is 78.3 Å². The van der Waals surface area contributed by atoms with Crippen molar-refractivity contribution < 1.29 is 14.3 Å². The minimum atomic E-state index is -0.591. The highest BCUT2D eigenvalue weighted by Gasteiger charge is 2.37. The molecule has 0 aliphatic carbocycles. The van der Waals surface area contributed by atoms with Gasteiger partial charge in [0.25, 0.3) is 0 Å². The second kappa shape index (κ2) is 11.1. The quantitative estimate of drug-likeness (QED) is 0.195. The molecule has 1 unspecified atom stereocenters. The second-order valence-electron chi connectivity index (χ2n) is 7.95. The molecule has 0 spiro atoms. The van der Waals surface area contributed by atoms with E-state index in [4.69, 9.17) is 14.6 Å². The molecule has 4 rings (SSSR count). The van der Waals surface area contributed by atoms with Crippen molar-refractivity contribution in [3.63, 3.8) is 0 Å². The molecule has 0 saturated carbocycles. The van der Waals surface area contributed by atoms with E-state index in [-0.39, 0.29) is 6.61 Å². The molecule has 3 aromatic rings. The molecule has 9 heteroatoms. The molecule has 0 amide bonds. The predicted molar refractivity (Wildman–Crippen MR) is 142 cm³/mol. The number of hydrogen-bond donors (Lipinski definition) is 1. The van der Waals surface area contributed by atoms with Gasteiger partial charge in [0.05, 0.1) is 5.57 Å². The van der Waals surface area contributed by atoms with E-state index >= 15 is 0 Å². The maximum Gasteiger partial charge on any atom is 0.338 e. The van der Waals surface area contributed by atoms with E-state index in [1.165, 1.54) is 11.8 Å². The first kappa shape index (κ1) is 25.1. The second-order valence-corrected chi connectivity index (χ2v) is 10.1. The third kappa shape index (κ3) is 5.46. The van der Waals surface area contributed by atoms with Gasteiger partial charge < -0.3 is 14.8 Å². The molecule has 0 bridgehead atoms. The van der Waals surface area contributed by atoms with Crippen LogP contribution in [0.15, 0.2) is 76.0 Å². The van der Waals surface area contributed by atoms with Gasteiger partial charge >= 0.3 is 5.97 Å². The highest BCUT2D eigenvalue weighted by molar-refractivity contribution is 9.10. The van der Waals surface area contributed by atoms with Crippen molar-refractivity contribution in [1.29, 1.82) is 0 Å². The third-order valence-corrected chi connectivity index (χ3v) is 6.78. The van der Waals surface area contributed by atoms with Crippen LogP contribution in [0, 0.1) is 6.92 Å². The van der Waals surface area contributed by atoms with Crippen LogP contribution in [0.2, 0.25) is 0 Å². The van der Waals surface area contributed by atoms with Crippen LogP contribution in [0.25, 0.3) is 0 Å². The predicted octanol–water partition coefficient (Wildman–Crippen LogP) is 6.06. The van der Waals surface area contributed by atoms with Gasteiger partial charge in [-0.25, -0.2) is 9.48 Å². The normalized spacial score (nSPS) is 14.8. The maximum atomic E-state index is 13.2. The Labute approximate surface area is 217 Å². The molecule has 7 nitrogen and oxygen atoms in total. The molecular weight excluding hydrogens is 528 g/mol.